The summed E-state index contributed by atoms with van der Waals surface area (Å²) in [5.74, 6) is 0.0720. The van der Waals surface area contributed by atoms with E-state index >= 15 is 0 Å². The molecule has 2 aliphatic heterocycles. The topological polar surface area (TPSA) is 117 Å². The summed E-state index contributed by atoms with van der Waals surface area (Å²) in [7, 11) is 0. The highest BCUT2D eigenvalue weighted by atomic mass is 16.5. The first kappa shape index (κ1) is 32.3. The maximum atomic E-state index is 9.10. The van der Waals surface area contributed by atoms with Crippen molar-refractivity contribution in [3.8, 4) is 23.0 Å². The largest absolute Gasteiger partial charge is 0.473 e. The number of carbonyl (C=O) groups is 2. The van der Waals surface area contributed by atoms with Gasteiger partial charge in [0, 0.05) is 23.2 Å². The van der Waals surface area contributed by atoms with Crippen LogP contribution in [0.25, 0.3) is 0 Å². The molecule has 0 amide bonds. The van der Waals surface area contributed by atoms with E-state index in [0.29, 0.717) is 12.1 Å². The fourth-order valence-corrected chi connectivity index (χ4v) is 5.19. The average Bonchev–Trinajstić information content (AvgIpc) is 3.08. The Balaban J connectivity index is 0.000000170. The normalized spacial score (nSPS) is 17.5. The molecule has 4 N–H and O–H groups in total. The Morgan fingerprint density at radius 1 is 0.523 bits per heavy atom. The minimum atomic E-state index is -1.82. The summed E-state index contributed by atoms with van der Waals surface area (Å²) >= 11 is 0. The fourth-order valence-electron chi connectivity index (χ4n) is 5.19. The van der Waals surface area contributed by atoms with E-state index in [-0.39, 0.29) is 0 Å². The van der Waals surface area contributed by atoms with Crippen molar-refractivity contribution in [3.63, 3.8) is 0 Å². The second kappa shape index (κ2) is 17.5. The SMILES string of the molecule is O=C(O)C(=O)O.c1ccc(Oc2ccccc2C2CCCCN2)cc1.c1ccc(Oc2ccccc2C2CCCCN2)cc1. The number of nitrogens with one attached hydrogen (secondary N) is 2. The first-order valence-corrected chi connectivity index (χ1v) is 15.1. The van der Waals surface area contributed by atoms with Crippen molar-refractivity contribution in [2.24, 2.45) is 0 Å². The van der Waals surface area contributed by atoms with Crippen molar-refractivity contribution >= 4 is 11.9 Å². The Labute approximate surface area is 258 Å². The predicted octanol–water partition coefficient (Wildman–Crippen LogP) is 7.74. The van der Waals surface area contributed by atoms with Crippen LogP contribution in [0.1, 0.15) is 61.7 Å². The molecule has 2 unspecified atom stereocenters. The third kappa shape index (κ3) is 10.3. The van der Waals surface area contributed by atoms with E-state index in [0.717, 1.165) is 36.1 Å². The van der Waals surface area contributed by atoms with Gasteiger partial charge in [-0.1, -0.05) is 85.6 Å². The summed E-state index contributed by atoms with van der Waals surface area (Å²) < 4.78 is 12.0. The molecule has 2 fully saturated rings. The Hall–Kier alpha value is -4.66. The Morgan fingerprint density at radius 2 is 0.886 bits per heavy atom. The van der Waals surface area contributed by atoms with Crippen LogP contribution in [0.15, 0.2) is 109 Å². The minimum Gasteiger partial charge on any atom is -0.473 e. The molecule has 2 atom stereocenters. The van der Waals surface area contributed by atoms with Gasteiger partial charge in [-0.05, 0) is 75.2 Å². The molecule has 8 heteroatoms. The molecule has 0 aromatic heterocycles. The van der Waals surface area contributed by atoms with Crippen LogP contribution in [-0.4, -0.2) is 35.2 Å². The number of rotatable bonds is 6. The number of para-hydroxylation sites is 4. The summed E-state index contributed by atoms with van der Waals surface area (Å²) in [4.78, 5) is 18.2. The lowest BCUT2D eigenvalue weighted by Gasteiger charge is -2.25. The van der Waals surface area contributed by atoms with Gasteiger partial charge in [-0.15, -0.1) is 0 Å². The minimum absolute atomic E-state index is 0.425. The van der Waals surface area contributed by atoms with Gasteiger partial charge in [-0.3, -0.25) is 0 Å². The van der Waals surface area contributed by atoms with Gasteiger partial charge in [-0.25, -0.2) is 9.59 Å². The van der Waals surface area contributed by atoms with Crippen molar-refractivity contribution in [2.45, 2.75) is 50.6 Å². The van der Waals surface area contributed by atoms with E-state index in [1.165, 1.54) is 49.7 Å². The van der Waals surface area contributed by atoms with Crippen LogP contribution in [-0.2, 0) is 9.59 Å². The summed E-state index contributed by atoms with van der Waals surface area (Å²) in [6.45, 7) is 2.20. The van der Waals surface area contributed by atoms with Crippen LogP contribution < -0.4 is 20.1 Å². The maximum Gasteiger partial charge on any atom is 0.414 e. The quantitative estimate of drug-likeness (QED) is 0.167. The van der Waals surface area contributed by atoms with Crippen molar-refractivity contribution in [1.82, 2.24) is 10.6 Å². The zero-order valence-corrected chi connectivity index (χ0v) is 24.7. The number of benzene rings is 4. The fraction of sp³-hybridized carbons (Fsp3) is 0.278. The monoisotopic (exact) mass is 596 g/mol. The number of hydrogen-bond acceptors (Lipinski definition) is 6. The number of hydrogen-bond donors (Lipinski definition) is 4. The second-order valence-electron chi connectivity index (χ2n) is 10.5. The molecule has 8 nitrogen and oxygen atoms in total. The Morgan fingerprint density at radius 3 is 1.23 bits per heavy atom. The van der Waals surface area contributed by atoms with Crippen molar-refractivity contribution in [3.05, 3.63) is 120 Å². The molecular weight excluding hydrogens is 556 g/mol. The molecule has 2 aliphatic rings. The Kier molecular flexibility index (Phi) is 12.8. The summed E-state index contributed by atoms with van der Waals surface area (Å²) in [5, 5.41) is 21.9. The highest BCUT2D eigenvalue weighted by Gasteiger charge is 2.19. The molecule has 44 heavy (non-hydrogen) atoms. The smallest absolute Gasteiger partial charge is 0.414 e. The molecule has 0 saturated carbocycles. The van der Waals surface area contributed by atoms with Gasteiger partial charge in [0.25, 0.3) is 0 Å². The van der Waals surface area contributed by atoms with Gasteiger partial charge in [-0.2, -0.15) is 0 Å². The summed E-state index contributed by atoms with van der Waals surface area (Å²) in [5.41, 5.74) is 2.54. The number of piperidine rings is 2. The molecule has 2 saturated heterocycles. The van der Waals surface area contributed by atoms with Gasteiger partial charge >= 0.3 is 11.9 Å². The van der Waals surface area contributed by atoms with Gasteiger partial charge in [0.15, 0.2) is 0 Å². The lowest BCUT2D eigenvalue weighted by atomic mass is 9.97. The van der Waals surface area contributed by atoms with Gasteiger partial charge in [0.1, 0.15) is 23.0 Å². The third-order valence-corrected chi connectivity index (χ3v) is 7.33. The molecule has 0 bridgehead atoms. The van der Waals surface area contributed by atoms with Crippen LogP contribution in [0.3, 0.4) is 0 Å². The van der Waals surface area contributed by atoms with E-state index in [9.17, 15) is 0 Å². The van der Waals surface area contributed by atoms with E-state index in [1.54, 1.807) is 0 Å². The molecule has 4 aromatic rings. The van der Waals surface area contributed by atoms with Crippen molar-refractivity contribution < 1.29 is 29.3 Å². The van der Waals surface area contributed by atoms with Crippen LogP contribution in [0.5, 0.6) is 23.0 Å². The molecule has 6 rings (SSSR count). The van der Waals surface area contributed by atoms with Crippen LogP contribution >= 0.6 is 0 Å². The number of carboxylic acids is 2. The Bertz CT molecular complexity index is 1320. The van der Waals surface area contributed by atoms with Crippen LogP contribution in [0, 0.1) is 0 Å². The highest BCUT2D eigenvalue weighted by Crippen LogP contribution is 2.34. The number of ether oxygens (including phenoxy) is 2. The average molecular weight is 597 g/mol. The lowest BCUT2D eigenvalue weighted by molar-refractivity contribution is -0.159. The van der Waals surface area contributed by atoms with Crippen molar-refractivity contribution in [1.29, 1.82) is 0 Å². The zero-order chi connectivity index (χ0) is 31.0. The number of aliphatic carboxylic acids is 2. The van der Waals surface area contributed by atoms with Crippen LogP contribution in [0.4, 0.5) is 0 Å². The molecular formula is C36H40N2O6. The second-order valence-corrected chi connectivity index (χ2v) is 10.5. The maximum absolute atomic E-state index is 9.10. The first-order chi connectivity index (χ1) is 21.5. The predicted molar refractivity (Wildman–Crippen MR) is 170 cm³/mol. The molecule has 0 spiro atoms. The highest BCUT2D eigenvalue weighted by molar-refractivity contribution is 6.27. The molecule has 230 valence electrons. The van der Waals surface area contributed by atoms with E-state index in [2.05, 4.69) is 47.0 Å². The van der Waals surface area contributed by atoms with Crippen LogP contribution in [0.2, 0.25) is 0 Å². The zero-order valence-electron chi connectivity index (χ0n) is 24.7. The summed E-state index contributed by atoms with van der Waals surface area (Å²) in [6, 6.07) is 37.5. The van der Waals surface area contributed by atoms with E-state index in [1.807, 2.05) is 72.8 Å². The van der Waals surface area contributed by atoms with Crippen molar-refractivity contribution in [2.75, 3.05) is 13.1 Å². The third-order valence-electron chi connectivity index (χ3n) is 7.33. The van der Waals surface area contributed by atoms with E-state index in [4.69, 9.17) is 29.3 Å². The van der Waals surface area contributed by atoms with Gasteiger partial charge in [0.2, 0.25) is 0 Å². The molecule has 0 radical (unpaired) electrons. The number of carboxylic acid groups (broad SMARTS) is 2. The molecule has 2 heterocycles. The van der Waals surface area contributed by atoms with Gasteiger partial charge < -0.3 is 30.3 Å². The molecule has 0 aliphatic carbocycles. The molecule has 4 aromatic carbocycles. The van der Waals surface area contributed by atoms with Gasteiger partial charge in [0.05, 0.1) is 0 Å². The standard InChI is InChI=1S/2C17H19NO.C2H2O4/c2*1-2-8-14(9-3-1)19-17-12-5-4-10-15(17)16-11-6-7-13-18-16;3-1(4)2(5)6/h2*1-5,8-10,12,16,18H,6-7,11,13H2;(H,3,4)(H,5,6). The lowest BCUT2D eigenvalue weighted by Crippen LogP contribution is -2.27. The van der Waals surface area contributed by atoms with E-state index < -0.39 is 11.9 Å². The summed E-state index contributed by atoms with van der Waals surface area (Å²) in [6.07, 6.45) is 7.51. The first-order valence-electron chi connectivity index (χ1n) is 15.1.